The molecule has 26 heavy (non-hydrogen) atoms. The van der Waals surface area contributed by atoms with Crippen molar-refractivity contribution in [3.63, 3.8) is 0 Å². The van der Waals surface area contributed by atoms with E-state index >= 15 is 0 Å². The van der Waals surface area contributed by atoms with Gasteiger partial charge >= 0.3 is 0 Å². The average molecular weight is 370 g/mol. The number of rotatable bonds is 2. The molecule has 0 N–H and O–H groups in total. The molecule has 0 atom stereocenters. The van der Waals surface area contributed by atoms with Crippen LogP contribution < -0.4 is 0 Å². The molecular formula is C20H20ClN3O2. The summed E-state index contributed by atoms with van der Waals surface area (Å²) in [6.45, 7) is 7.15. The molecule has 0 saturated carbocycles. The van der Waals surface area contributed by atoms with Gasteiger partial charge in [0.2, 0.25) is 6.19 Å². The number of hydrogen-bond acceptors (Lipinski definition) is 3. The van der Waals surface area contributed by atoms with Gasteiger partial charge in [-0.15, -0.1) is 5.01 Å². The molecule has 0 fully saturated rings. The second-order valence-electron chi connectivity index (χ2n) is 6.88. The van der Waals surface area contributed by atoms with Crippen LogP contribution in [0.1, 0.15) is 47.1 Å². The molecule has 2 aromatic rings. The fourth-order valence-electron chi connectivity index (χ4n) is 2.52. The Morgan fingerprint density at radius 1 is 1.00 bits per heavy atom. The molecule has 0 radical (unpaired) electrons. The summed E-state index contributed by atoms with van der Waals surface area (Å²) in [4.78, 5) is 26.0. The van der Waals surface area contributed by atoms with Gasteiger partial charge in [0.25, 0.3) is 11.8 Å². The largest absolute Gasteiger partial charge is 0.286 e. The van der Waals surface area contributed by atoms with Crippen LogP contribution in [0.25, 0.3) is 0 Å². The first kappa shape index (κ1) is 19.5. The minimum atomic E-state index is -0.801. The number of carbonyl (C=O) groups excluding carboxylic acids is 2. The van der Waals surface area contributed by atoms with Crippen LogP contribution in [0.3, 0.4) is 0 Å². The quantitative estimate of drug-likeness (QED) is 0.447. The molecule has 5 nitrogen and oxygen atoms in total. The number of hydrazine groups is 1. The summed E-state index contributed by atoms with van der Waals surface area (Å²) >= 11 is 5.95. The lowest BCUT2D eigenvalue weighted by atomic mass is 10.0. The van der Waals surface area contributed by atoms with Crippen molar-refractivity contribution in [2.24, 2.45) is 0 Å². The van der Waals surface area contributed by atoms with Gasteiger partial charge in [0, 0.05) is 16.1 Å². The summed E-state index contributed by atoms with van der Waals surface area (Å²) in [6, 6.07) is 13.3. The number of halogens is 1. The lowest BCUT2D eigenvalue weighted by molar-refractivity contribution is -0.0167. The van der Waals surface area contributed by atoms with E-state index < -0.39 is 17.4 Å². The first-order valence-corrected chi connectivity index (χ1v) is 8.44. The van der Waals surface area contributed by atoms with E-state index in [2.05, 4.69) is 0 Å². The summed E-state index contributed by atoms with van der Waals surface area (Å²) in [6.07, 6.45) is 1.84. The Labute approximate surface area is 158 Å². The maximum absolute atomic E-state index is 13.1. The lowest BCUT2D eigenvalue weighted by Crippen LogP contribution is -2.56. The number of carbonyl (C=O) groups is 2. The van der Waals surface area contributed by atoms with Crippen molar-refractivity contribution in [3.8, 4) is 6.19 Å². The number of aryl methyl sites for hydroxylation is 1. The SMILES string of the molecule is Cc1cccc(C(=O)N(N(C#N)C(=O)c2cccc(Cl)c2)C(C)(C)C)c1. The molecular weight excluding hydrogens is 350 g/mol. The number of benzene rings is 2. The summed E-state index contributed by atoms with van der Waals surface area (Å²) in [5.74, 6) is -1.05. The van der Waals surface area contributed by atoms with Gasteiger partial charge in [-0.05, 0) is 58.0 Å². The van der Waals surface area contributed by atoms with Crippen molar-refractivity contribution in [1.82, 2.24) is 10.0 Å². The molecule has 0 heterocycles. The zero-order chi connectivity index (χ0) is 19.5. The maximum atomic E-state index is 13.1. The summed E-state index contributed by atoms with van der Waals surface area (Å²) in [7, 11) is 0. The Balaban J connectivity index is 2.49. The second kappa shape index (κ2) is 7.59. The molecule has 0 aliphatic carbocycles. The van der Waals surface area contributed by atoms with Crippen molar-refractivity contribution >= 4 is 23.4 Å². The number of nitrogens with zero attached hydrogens (tertiary/aromatic N) is 3. The van der Waals surface area contributed by atoms with Gasteiger partial charge in [0.1, 0.15) is 0 Å². The van der Waals surface area contributed by atoms with E-state index in [1.165, 1.54) is 11.1 Å². The number of hydrogen-bond donors (Lipinski definition) is 0. The third-order valence-electron chi connectivity index (χ3n) is 3.65. The Bertz CT molecular complexity index is 881. The van der Waals surface area contributed by atoms with Crippen LogP contribution in [0, 0.1) is 18.4 Å². The highest BCUT2D eigenvalue weighted by Crippen LogP contribution is 2.23. The Morgan fingerprint density at radius 2 is 1.58 bits per heavy atom. The van der Waals surface area contributed by atoms with E-state index in [1.54, 1.807) is 57.2 Å². The topological polar surface area (TPSA) is 64.4 Å². The van der Waals surface area contributed by atoms with Crippen LogP contribution in [0.5, 0.6) is 0 Å². The Kier molecular flexibility index (Phi) is 5.69. The van der Waals surface area contributed by atoms with Gasteiger partial charge in [-0.1, -0.05) is 35.4 Å². The molecule has 0 saturated heterocycles. The highest BCUT2D eigenvalue weighted by molar-refractivity contribution is 6.31. The average Bonchev–Trinajstić information content (AvgIpc) is 2.57. The van der Waals surface area contributed by atoms with Crippen molar-refractivity contribution in [2.45, 2.75) is 33.2 Å². The van der Waals surface area contributed by atoms with Gasteiger partial charge in [-0.3, -0.25) is 9.59 Å². The minimum Gasteiger partial charge on any atom is -0.267 e. The maximum Gasteiger partial charge on any atom is 0.286 e. The molecule has 0 aliphatic heterocycles. The first-order chi connectivity index (χ1) is 12.1. The molecule has 2 aromatic carbocycles. The summed E-state index contributed by atoms with van der Waals surface area (Å²) in [5, 5.41) is 12.0. The van der Waals surface area contributed by atoms with Gasteiger partial charge in [0.15, 0.2) is 0 Å². The van der Waals surface area contributed by atoms with Crippen molar-refractivity contribution < 1.29 is 9.59 Å². The molecule has 0 unspecified atom stereocenters. The summed E-state index contributed by atoms with van der Waals surface area (Å²) < 4.78 is 0. The fourth-order valence-corrected chi connectivity index (χ4v) is 2.71. The third kappa shape index (κ3) is 4.22. The minimum absolute atomic E-state index is 0.227. The van der Waals surface area contributed by atoms with Crippen LogP contribution in [-0.2, 0) is 0 Å². The smallest absolute Gasteiger partial charge is 0.267 e. The van der Waals surface area contributed by atoms with Crippen LogP contribution >= 0.6 is 11.6 Å². The lowest BCUT2D eigenvalue weighted by Gasteiger charge is -2.39. The van der Waals surface area contributed by atoms with E-state index in [0.29, 0.717) is 10.6 Å². The van der Waals surface area contributed by atoms with E-state index in [4.69, 9.17) is 11.6 Å². The van der Waals surface area contributed by atoms with Crippen LogP contribution in [0.15, 0.2) is 48.5 Å². The molecule has 2 amide bonds. The Morgan fingerprint density at radius 3 is 2.08 bits per heavy atom. The zero-order valence-corrected chi connectivity index (χ0v) is 15.9. The molecule has 2 rings (SSSR count). The van der Waals surface area contributed by atoms with Crippen molar-refractivity contribution in [3.05, 3.63) is 70.2 Å². The van der Waals surface area contributed by atoms with Gasteiger partial charge in [-0.2, -0.15) is 5.26 Å². The van der Waals surface area contributed by atoms with Gasteiger partial charge in [-0.25, -0.2) is 5.01 Å². The first-order valence-electron chi connectivity index (χ1n) is 8.06. The van der Waals surface area contributed by atoms with E-state index in [-0.39, 0.29) is 5.56 Å². The molecule has 134 valence electrons. The zero-order valence-electron chi connectivity index (χ0n) is 15.2. The van der Waals surface area contributed by atoms with Crippen LogP contribution in [0.2, 0.25) is 5.02 Å². The predicted molar refractivity (Wildman–Crippen MR) is 100 cm³/mol. The molecule has 0 aromatic heterocycles. The van der Waals surface area contributed by atoms with Crippen molar-refractivity contribution in [2.75, 3.05) is 0 Å². The number of nitriles is 1. The normalized spacial score (nSPS) is 10.8. The molecule has 0 spiro atoms. The monoisotopic (exact) mass is 369 g/mol. The standard InChI is InChI=1S/C20H20ClN3O2/c1-14-7-5-8-15(11-14)19(26)24(20(2,3)4)23(13-22)18(25)16-9-6-10-17(21)12-16/h5-12H,1-4H3. The predicted octanol–water partition coefficient (Wildman–Crippen LogP) is 4.43. The van der Waals surface area contributed by atoms with Crippen LogP contribution in [0.4, 0.5) is 0 Å². The van der Waals surface area contributed by atoms with Crippen molar-refractivity contribution in [1.29, 1.82) is 5.26 Å². The molecule has 6 heteroatoms. The van der Waals surface area contributed by atoms with Gasteiger partial charge in [0.05, 0.1) is 5.54 Å². The highest BCUT2D eigenvalue weighted by atomic mass is 35.5. The van der Waals surface area contributed by atoms with Gasteiger partial charge < -0.3 is 0 Å². The summed E-state index contributed by atoms with van der Waals surface area (Å²) in [5.41, 5.74) is 0.740. The molecule has 0 aliphatic rings. The molecule has 0 bridgehead atoms. The van der Waals surface area contributed by atoms with E-state index in [1.807, 2.05) is 19.2 Å². The second-order valence-corrected chi connectivity index (χ2v) is 7.32. The fraction of sp³-hybridized carbons (Fsp3) is 0.250. The van der Waals surface area contributed by atoms with Crippen LogP contribution in [-0.4, -0.2) is 27.4 Å². The Hall–Kier alpha value is -2.84. The highest BCUT2D eigenvalue weighted by Gasteiger charge is 2.36. The van der Waals surface area contributed by atoms with E-state index in [9.17, 15) is 14.9 Å². The number of amides is 2. The third-order valence-corrected chi connectivity index (χ3v) is 3.89. The van der Waals surface area contributed by atoms with E-state index in [0.717, 1.165) is 10.6 Å².